The van der Waals surface area contributed by atoms with Gasteiger partial charge >= 0.3 is 6.36 Å². The van der Waals surface area contributed by atoms with Crippen LogP contribution in [0.5, 0.6) is 5.75 Å². The van der Waals surface area contributed by atoms with Crippen molar-refractivity contribution in [3.8, 4) is 5.75 Å². The van der Waals surface area contributed by atoms with Gasteiger partial charge in [-0.25, -0.2) is 13.1 Å². The number of alkyl halides is 3. The van der Waals surface area contributed by atoms with Gasteiger partial charge in [0, 0.05) is 25.2 Å². The van der Waals surface area contributed by atoms with Gasteiger partial charge in [-0.15, -0.1) is 13.2 Å². The van der Waals surface area contributed by atoms with Crippen molar-refractivity contribution in [1.82, 2.24) is 9.62 Å². The van der Waals surface area contributed by atoms with Crippen LogP contribution < -0.4 is 9.46 Å². The number of hydrogen-bond acceptors (Lipinski definition) is 4. The minimum atomic E-state index is -4.69. The molecule has 0 amide bonds. The van der Waals surface area contributed by atoms with E-state index in [0.29, 0.717) is 12.8 Å². The molecule has 0 spiro atoms. The molecule has 1 unspecified atom stereocenters. The first-order valence-corrected chi connectivity index (χ1v) is 9.50. The summed E-state index contributed by atoms with van der Waals surface area (Å²) in [6.07, 6.45) is -2.15. The molecule has 9 heteroatoms. The Morgan fingerprint density at radius 2 is 1.75 bits per heavy atom. The molecule has 1 aromatic rings. The molecule has 1 N–H and O–H groups in total. The third-order valence-electron chi connectivity index (χ3n) is 4.05. The molecule has 5 nitrogen and oxygen atoms in total. The number of hydrogen-bond donors (Lipinski definition) is 1. The highest BCUT2D eigenvalue weighted by molar-refractivity contribution is 7.88. The summed E-state index contributed by atoms with van der Waals surface area (Å²) in [5.41, 5.74) is 0.888. The van der Waals surface area contributed by atoms with Crippen molar-refractivity contribution in [2.45, 2.75) is 38.2 Å². The van der Waals surface area contributed by atoms with Gasteiger partial charge in [-0.3, -0.25) is 4.90 Å². The number of likely N-dealkylation sites (tertiary alicyclic amines) is 1. The normalized spacial score (nSPS) is 19.2. The van der Waals surface area contributed by atoms with Gasteiger partial charge in [0.1, 0.15) is 5.75 Å². The molecule has 2 rings (SSSR count). The van der Waals surface area contributed by atoms with Crippen LogP contribution in [0.1, 0.15) is 31.4 Å². The van der Waals surface area contributed by atoms with Crippen molar-refractivity contribution in [2.24, 2.45) is 0 Å². The zero-order chi connectivity index (χ0) is 18.0. The zero-order valence-corrected chi connectivity index (χ0v) is 14.3. The molecule has 1 heterocycles. The Hall–Kier alpha value is -1.32. The lowest BCUT2D eigenvalue weighted by atomic mass is 10.0. The third kappa shape index (κ3) is 5.95. The quantitative estimate of drug-likeness (QED) is 0.870. The second kappa shape index (κ2) is 7.28. The number of nitrogens with one attached hydrogen (secondary N) is 1. The molecule has 1 aliphatic heterocycles. The summed E-state index contributed by atoms with van der Waals surface area (Å²) in [7, 11) is -3.21. The maximum atomic E-state index is 12.2. The van der Waals surface area contributed by atoms with Gasteiger partial charge in [-0.1, -0.05) is 12.1 Å². The Kier molecular flexibility index (Phi) is 5.77. The van der Waals surface area contributed by atoms with Crippen molar-refractivity contribution in [3.63, 3.8) is 0 Å². The Labute approximate surface area is 139 Å². The van der Waals surface area contributed by atoms with Crippen molar-refractivity contribution in [1.29, 1.82) is 0 Å². The maximum absolute atomic E-state index is 12.2. The molecule has 0 aliphatic carbocycles. The highest BCUT2D eigenvalue weighted by atomic mass is 32.2. The first kappa shape index (κ1) is 19.0. The van der Waals surface area contributed by atoms with E-state index in [1.807, 2.05) is 6.92 Å². The fourth-order valence-corrected chi connectivity index (χ4v) is 3.71. The van der Waals surface area contributed by atoms with E-state index in [-0.39, 0.29) is 17.8 Å². The van der Waals surface area contributed by atoms with Crippen molar-refractivity contribution in [3.05, 3.63) is 29.8 Å². The SMILES string of the molecule is CC(c1ccc(OC(F)(F)F)cc1)N1CCC(NS(C)(=O)=O)CC1. The van der Waals surface area contributed by atoms with Crippen LogP contribution in [0.15, 0.2) is 24.3 Å². The molecule has 0 aromatic heterocycles. The lowest BCUT2D eigenvalue weighted by Crippen LogP contribution is -2.44. The van der Waals surface area contributed by atoms with Crippen molar-refractivity contribution < 1.29 is 26.3 Å². The molecule has 136 valence electrons. The Morgan fingerprint density at radius 1 is 1.21 bits per heavy atom. The molecule has 0 radical (unpaired) electrons. The lowest BCUT2D eigenvalue weighted by molar-refractivity contribution is -0.274. The first-order chi connectivity index (χ1) is 11.0. The monoisotopic (exact) mass is 366 g/mol. The average molecular weight is 366 g/mol. The maximum Gasteiger partial charge on any atom is 0.573 e. The predicted molar refractivity (Wildman–Crippen MR) is 84.1 cm³/mol. The van der Waals surface area contributed by atoms with Crippen LogP contribution in [0.25, 0.3) is 0 Å². The zero-order valence-electron chi connectivity index (χ0n) is 13.5. The van der Waals surface area contributed by atoms with Gasteiger partial charge in [0.05, 0.1) is 6.26 Å². The Bertz CT molecular complexity index is 639. The van der Waals surface area contributed by atoms with Crippen LogP contribution in [0, 0.1) is 0 Å². The summed E-state index contributed by atoms with van der Waals surface area (Å²) >= 11 is 0. The number of halogens is 3. The van der Waals surface area contributed by atoms with E-state index in [1.54, 1.807) is 12.1 Å². The van der Waals surface area contributed by atoms with Gasteiger partial charge in [-0.05, 0) is 37.5 Å². The smallest absolute Gasteiger partial charge is 0.406 e. The van der Waals surface area contributed by atoms with Gasteiger partial charge in [0.15, 0.2) is 0 Å². The number of ether oxygens (including phenoxy) is 1. The highest BCUT2D eigenvalue weighted by Gasteiger charge is 2.31. The third-order valence-corrected chi connectivity index (χ3v) is 4.82. The standard InChI is InChI=1S/C15H21F3N2O3S/c1-11(12-3-5-14(6-4-12)23-15(16,17)18)20-9-7-13(8-10-20)19-24(2,21)22/h3-6,11,13,19H,7-10H2,1-2H3. The number of rotatable bonds is 5. The molecule has 1 atom stereocenters. The van der Waals surface area contributed by atoms with Gasteiger partial charge in [-0.2, -0.15) is 0 Å². The highest BCUT2D eigenvalue weighted by Crippen LogP contribution is 2.28. The number of benzene rings is 1. The van der Waals surface area contributed by atoms with Crippen molar-refractivity contribution in [2.75, 3.05) is 19.3 Å². The number of nitrogens with zero attached hydrogens (tertiary/aromatic N) is 1. The molecule has 1 fully saturated rings. The topological polar surface area (TPSA) is 58.6 Å². The van der Waals surface area contributed by atoms with Crippen LogP contribution in [0.3, 0.4) is 0 Å². The van der Waals surface area contributed by atoms with E-state index >= 15 is 0 Å². The van der Waals surface area contributed by atoms with Gasteiger partial charge in [0.25, 0.3) is 0 Å². The van der Waals surface area contributed by atoms with Crippen LogP contribution in [0.4, 0.5) is 13.2 Å². The van der Waals surface area contributed by atoms with Crippen LogP contribution >= 0.6 is 0 Å². The Balaban J connectivity index is 1.92. The number of piperidine rings is 1. The summed E-state index contributed by atoms with van der Waals surface area (Å²) in [6.45, 7) is 3.41. The van der Waals surface area contributed by atoms with Crippen LogP contribution in [0.2, 0.25) is 0 Å². The van der Waals surface area contributed by atoms with E-state index in [1.165, 1.54) is 12.1 Å². The Morgan fingerprint density at radius 3 is 2.21 bits per heavy atom. The molecule has 1 aliphatic rings. The van der Waals surface area contributed by atoms with Crippen LogP contribution in [-0.4, -0.2) is 45.1 Å². The van der Waals surface area contributed by atoms with E-state index in [2.05, 4.69) is 14.4 Å². The minimum Gasteiger partial charge on any atom is -0.406 e. The summed E-state index contributed by atoms with van der Waals surface area (Å²) < 4.78 is 65.5. The second-order valence-electron chi connectivity index (χ2n) is 5.99. The van der Waals surface area contributed by atoms with E-state index in [0.717, 1.165) is 24.9 Å². The fraction of sp³-hybridized carbons (Fsp3) is 0.600. The predicted octanol–water partition coefficient (Wildman–Crippen LogP) is 2.66. The lowest BCUT2D eigenvalue weighted by Gasteiger charge is -2.36. The second-order valence-corrected chi connectivity index (χ2v) is 7.77. The molecule has 0 saturated carbocycles. The summed E-state index contributed by atoms with van der Waals surface area (Å²) in [4.78, 5) is 2.18. The summed E-state index contributed by atoms with van der Waals surface area (Å²) in [5.74, 6) is -0.241. The fourth-order valence-electron chi connectivity index (χ4n) is 2.87. The number of sulfonamides is 1. The summed E-state index contributed by atoms with van der Waals surface area (Å²) in [5, 5.41) is 0. The van der Waals surface area contributed by atoms with Gasteiger partial charge < -0.3 is 4.74 Å². The first-order valence-electron chi connectivity index (χ1n) is 7.60. The van der Waals surface area contributed by atoms with E-state index < -0.39 is 16.4 Å². The molecule has 0 bridgehead atoms. The van der Waals surface area contributed by atoms with Crippen LogP contribution in [-0.2, 0) is 10.0 Å². The largest absolute Gasteiger partial charge is 0.573 e. The molecule has 1 aromatic carbocycles. The average Bonchev–Trinajstić information content (AvgIpc) is 2.45. The van der Waals surface area contributed by atoms with E-state index in [9.17, 15) is 21.6 Å². The summed E-state index contributed by atoms with van der Waals surface area (Å²) in [6, 6.07) is 5.81. The molecular weight excluding hydrogens is 345 g/mol. The van der Waals surface area contributed by atoms with Crippen molar-refractivity contribution >= 4 is 10.0 Å². The molecule has 24 heavy (non-hydrogen) atoms. The molecule has 1 saturated heterocycles. The van der Waals surface area contributed by atoms with E-state index in [4.69, 9.17) is 0 Å². The molecular formula is C15H21F3N2O3S. The van der Waals surface area contributed by atoms with Gasteiger partial charge in [0.2, 0.25) is 10.0 Å². The minimum absolute atomic E-state index is 0.0316.